The number of alkyl halides is 2. The lowest BCUT2D eigenvalue weighted by molar-refractivity contribution is -0.136. The van der Waals surface area contributed by atoms with Crippen molar-refractivity contribution in [1.29, 1.82) is 0 Å². The SMILES string of the molecule is O=C1CC[C@H](N2Cc3cc(OC4CN(Cc5ccc6nc(C7CCOC7)ccc6c5)CC4(F)F)ccc3C2=O)C(=O)N1. The molecule has 218 valence electrons. The minimum absolute atomic E-state index is 0.0440. The van der Waals surface area contributed by atoms with Crippen LogP contribution in [0.3, 0.4) is 0 Å². The van der Waals surface area contributed by atoms with Crippen molar-refractivity contribution in [2.24, 2.45) is 0 Å². The van der Waals surface area contributed by atoms with E-state index < -0.39 is 30.5 Å². The first kappa shape index (κ1) is 26.9. The van der Waals surface area contributed by atoms with Crippen molar-refractivity contribution >= 4 is 28.6 Å². The predicted molar refractivity (Wildman–Crippen MR) is 147 cm³/mol. The maximum absolute atomic E-state index is 15.1. The van der Waals surface area contributed by atoms with E-state index in [1.54, 1.807) is 17.0 Å². The van der Waals surface area contributed by atoms with Crippen LogP contribution in [0.1, 0.15) is 52.4 Å². The number of nitrogens with zero attached hydrogens (tertiary/aromatic N) is 3. The van der Waals surface area contributed by atoms with E-state index >= 15 is 8.78 Å². The first-order valence-corrected chi connectivity index (χ1v) is 14.3. The minimum Gasteiger partial charge on any atom is -0.483 e. The lowest BCUT2D eigenvalue weighted by Gasteiger charge is -2.29. The molecular weight excluding hydrogens is 546 g/mol. The number of nitrogens with one attached hydrogen (secondary N) is 1. The number of carbonyl (C=O) groups excluding carboxylic acids is 3. The molecule has 0 radical (unpaired) electrons. The van der Waals surface area contributed by atoms with Gasteiger partial charge in [-0.05, 0) is 60.4 Å². The Morgan fingerprint density at radius 2 is 1.95 bits per heavy atom. The van der Waals surface area contributed by atoms with Crippen LogP contribution in [0.25, 0.3) is 10.9 Å². The predicted octanol–water partition coefficient (Wildman–Crippen LogP) is 3.40. The Bertz CT molecular complexity index is 1590. The molecule has 5 heterocycles. The van der Waals surface area contributed by atoms with Crippen molar-refractivity contribution < 1.29 is 32.6 Å². The van der Waals surface area contributed by atoms with Crippen LogP contribution in [0.2, 0.25) is 0 Å². The van der Waals surface area contributed by atoms with E-state index in [0.29, 0.717) is 30.2 Å². The van der Waals surface area contributed by atoms with Crippen molar-refractivity contribution in [2.45, 2.75) is 56.3 Å². The van der Waals surface area contributed by atoms with Gasteiger partial charge in [0.15, 0.2) is 6.10 Å². The monoisotopic (exact) mass is 576 g/mol. The van der Waals surface area contributed by atoms with Gasteiger partial charge in [0.05, 0.1) is 18.7 Å². The second kappa shape index (κ2) is 10.4. The highest BCUT2D eigenvalue weighted by molar-refractivity contribution is 6.05. The highest BCUT2D eigenvalue weighted by Gasteiger charge is 2.50. The standard InChI is InChI=1S/C31H30F2N4O5/c32-31(33)17-36(13-18-1-5-24-19(11-18)2-6-25(34-24)20-9-10-41-16-20)15-27(31)42-22-3-4-23-21(12-22)14-37(30(23)40)26-7-8-28(38)35-29(26)39/h1-6,11-12,20,26-27H,7-10,13-17H2,(H,35,38,39)/t20?,26-,27?/m0/s1. The number of amides is 3. The van der Waals surface area contributed by atoms with Crippen LogP contribution in [0.5, 0.6) is 5.75 Å². The number of hydrogen-bond donors (Lipinski definition) is 1. The number of aromatic nitrogens is 1. The minimum atomic E-state index is -3.07. The van der Waals surface area contributed by atoms with E-state index in [2.05, 4.69) is 5.32 Å². The van der Waals surface area contributed by atoms with E-state index in [1.165, 1.54) is 11.0 Å². The van der Waals surface area contributed by atoms with Gasteiger partial charge in [-0.1, -0.05) is 12.1 Å². The fraction of sp³-hybridized carbons (Fsp3) is 0.419. The molecule has 3 aromatic rings. The molecule has 4 aliphatic rings. The molecular formula is C31H30F2N4O5. The summed E-state index contributed by atoms with van der Waals surface area (Å²) >= 11 is 0. The van der Waals surface area contributed by atoms with E-state index in [1.807, 2.05) is 30.3 Å². The summed E-state index contributed by atoms with van der Waals surface area (Å²) in [6, 6.07) is 13.9. The molecule has 9 nitrogen and oxygen atoms in total. The summed E-state index contributed by atoms with van der Waals surface area (Å²) in [5.74, 6) is -3.68. The largest absolute Gasteiger partial charge is 0.483 e. The molecule has 4 aliphatic heterocycles. The van der Waals surface area contributed by atoms with E-state index in [-0.39, 0.29) is 43.5 Å². The lowest BCUT2D eigenvalue weighted by atomic mass is 10.0. The average Bonchev–Trinajstić information content (AvgIpc) is 3.67. The van der Waals surface area contributed by atoms with Crippen LogP contribution in [0, 0.1) is 0 Å². The zero-order valence-electron chi connectivity index (χ0n) is 22.9. The molecule has 1 N–H and O–H groups in total. The van der Waals surface area contributed by atoms with Crippen molar-refractivity contribution in [1.82, 2.24) is 20.1 Å². The highest BCUT2D eigenvalue weighted by Crippen LogP contribution is 2.35. The summed E-state index contributed by atoms with van der Waals surface area (Å²) in [5.41, 5.74) is 3.83. The quantitative estimate of drug-likeness (QED) is 0.449. The molecule has 2 unspecified atom stereocenters. The van der Waals surface area contributed by atoms with Crippen LogP contribution in [-0.2, 0) is 27.4 Å². The highest BCUT2D eigenvalue weighted by atomic mass is 19.3. The van der Waals surface area contributed by atoms with Gasteiger partial charge >= 0.3 is 0 Å². The Morgan fingerprint density at radius 1 is 1.07 bits per heavy atom. The summed E-state index contributed by atoms with van der Waals surface area (Å²) in [5, 5.41) is 3.24. The van der Waals surface area contributed by atoms with Crippen molar-refractivity contribution in [3.05, 3.63) is 70.9 Å². The van der Waals surface area contributed by atoms with Crippen LogP contribution in [0.4, 0.5) is 8.78 Å². The molecule has 42 heavy (non-hydrogen) atoms. The number of pyridine rings is 1. The van der Waals surface area contributed by atoms with Gasteiger partial charge in [0.2, 0.25) is 11.8 Å². The summed E-state index contributed by atoms with van der Waals surface area (Å²) < 4.78 is 41.5. The second-order valence-corrected chi connectivity index (χ2v) is 11.6. The molecule has 3 fully saturated rings. The van der Waals surface area contributed by atoms with Gasteiger partial charge in [0, 0.05) is 55.2 Å². The second-order valence-electron chi connectivity index (χ2n) is 11.6. The topological polar surface area (TPSA) is 101 Å². The molecule has 1 aromatic heterocycles. The zero-order valence-corrected chi connectivity index (χ0v) is 22.9. The summed E-state index contributed by atoms with van der Waals surface area (Å²) in [6.45, 7) is 1.56. The first-order valence-electron chi connectivity index (χ1n) is 14.3. The number of rotatable bonds is 6. The van der Waals surface area contributed by atoms with E-state index in [4.69, 9.17) is 14.5 Å². The van der Waals surface area contributed by atoms with E-state index in [0.717, 1.165) is 35.2 Å². The smallest absolute Gasteiger partial charge is 0.297 e. The van der Waals surface area contributed by atoms with Gasteiger partial charge in [-0.25, -0.2) is 8.78 Å². The molecule has 3 amide bonds. The molecule has 0 aliphatic carbocycles. The number of likely N-dealkylation sites (tertiary alicyclic amines) is 1. The number of piperidine rings is 1. The number of fused-ring (bicyclic) bond motifs is 2. The molecule has 3 saturated heterocycles. The summed E-state index contributed by atoms with van der Waals surface area (Å²) in [7, 11) is 0. The number of halogens is 2. The fourth-order valence-corrected chi connectivity index (χ4v) is 6.41. The van der Waals surface area contributed by atoms with Crippen LogP contribution in [0.15, 0.2) is 48.5 Å². The third-order valence-electron chi connectivity index (χ3n) is 8.63. The maximum atomic E-state index is 15.1. The fourth-order valence-electron chi connectivity index (χ4n) is 6.41. The van der Waals surface area contributed by atoms with Gasteiger partial charge in [-0.15, -0.1) is 0 Å². The average molecular weight is 577 g/mol. The molecule has 0 saturated carbocycles. The molecule has 0 bridgehead atoms. The number of ether oxygens (including phenoxy) is 2. The Hall–Kier alpha value is -3.96. The third kappa shape index (κ3) is 5.00. The number of benzene rings is 2. The number of hydrogen-bond acceptors (Lipinski definition) is 7. The van der Waals surface area contributed by atoms with E-state index in [9.17, 15) is 14.4 Å². The van der Waals surface area contributed by atoms with Crippen molar-refractivity contribution in [3.63, 3.8) is 0 Å². The molecule has 11 heteroatoms. The Balaban J connectivity index is 1.01. The Labute approximate surface area is 240 Å². The lowest BCUT2D eigenvalue weighted by Crippen LogP contribution is -2.52. The van der Waals surface area contributed by atoms with Crippen molar-refractivity contribution in [3.8, 4) is 5.75 Å². The zero-order chi connectivity index (χ0) is 29.0. The van der Waals surface area contributed by atoms with Crippen LogP contribution >= 0.6 is 0 Å². The van der Waals surface area contributed by atoms with Gasteiger partial charge < -0.3 is 14.4 Å². The van der Waals surface area contributed by atoms with Gasteiger partial charge in [-0.3, -0.25) is 29.6 Å². The molecule has 7 rings (SSSR count). The van der Waals surface area contributed by atoms with Crippen LogP contribution < -0.4 is 10.1 Å². The summed E-state index contributed by atoms with van der Waals surface area (Å²) in [4.78, 5) is 44.6. The number of imide groups is 1. The number of carbonyl (C=O) groups is 3. The molecule has 2 aromatic carbocycles. The normalized spacial score (nSPS) is 25.7. The molecule has 0 spiro atoms. The third-order valence-corrected chi connectivity index (χ3v) is 8.63. The van der Waals surface area contributed by atoms with Gasteiger partial charge in [0.25, 0.3) is 11.8 Å². The Morgan fingerprint density at radius 3 is 2.76 bits per heavy atom. The van der Waals surface area contributed by atoms with Crippen LogP contribution in [-0.4, -0.2) is 76.9 Å². The maximum Gasteiger partial charge on any atom is 0.297 e. The summed E-state index contributed by atoms with van der Waals surface area (Å²) in [6.07, 6.45) is 0.0265. The van der Waals surface area contributed by atoms with Gasteiger partial charge in [0.1, 0.15) is 11.8 Å². The van der Waals surface area contributed by atoms with Crippen molar-refractivity contribution in [2.75, 3.05) is 26.3 Å². The Kier molecular flexibility index (Phi) is 6.66. The van der Waals surface area contributed by atoms with Gasteiger partial charge in [-0.2, -0.15) is 0 Å². The first-order chi connectivity index (χ1) is 20.2. The molecule has 3 atom stereocenters.